The number of urea groups is 1. The lowest BCUT2D eigenvalue weighted by Gasteiger charge is -2.39. The molecule has 1 aliphatic rings. The quantitative estimate of drug-likeness (QED) is 0.849. The maximum Gasteiger partial charge on any atom is 0.322 e. The predicted molar refractivity (Wildman–Crippen MR) is 100 cm³/mol. The second-order valence-electron chi connectivity index (χ2n) is 5.75. The van der Waals surface area contributed by atoms with Crippen LogP contribution < -0.4 is 10.2 Å². The van der Waals surface area contributed by atoms with Gasteiger partial charge < -0.3 is 15.1 Å². The van der Waals surface area contributed by atoms with E-state index >= 15 is 0 Å². The Hall–Kier alpha value is -2.24. The topological polar surface area (TPSA) is 52.7 Å². The number of halogens is 2. The van der Waals surface area contributed by atoms with Crippen LogP contribution in [-0.4, -0.2) is 36.0 Å². The van der Waals surface area contributed by atoms with Crippen LogP contribution in [-0.2, 0) is 4.79 Å². The first kappa shape index (κ1) is 17.6. The van der Waals surface area contributed by atoms with E-state index < -0.39 is 6.04 Å². The Labute approximate surface area is 156 Å². The van der Waals surface area contributed by atoms with Gasteiger partial charge in [-0.05, 0) is 37.3 Å². The number of benzene rings is 2. The molecule has 2 aromatic carbocycles. The Balaban J connectivity index is 1.72. The summed E-state index contributed by atoms with van der Waals surface area (Å²) in [6.45, 7) is 2.53. The summed E-state index contributed by atoms with van der Waals surface area (Å²) < 4.78 is 0. The molecule has 2 aromatic rings. The largest absolute Gasteiger partial charge is 0.322 e. The van der Waals surface area contributed by atoms with Crippen LogP contribution in [0.25, 0.3) is 0 Å². The number of nitrogens with one attached hydrogen (secondary N) is 1. The van der Waals surface area contributed by atoms with Crippen molar-refractivity contribution in [2.75, 3.05) is 23.3 Å². The van der Waals surface area contributed by atoms with E-state index in [1.807, 2.05) is 18.2 Å². The van der Waals surface area contributed by atoms with Gasteiger partial charge in [-0.1, -0.05) is 41.4 Å². The number of amides is 3. The van der Waals surface area contributed by atoms with Gasteiger partial charge in [0.1, 0.15) is 6.04 Å². The summed E-state index contributed by atoms with van der Waals surface area (Å²) in [6, 6.07) is 13.4. The fourth-order valence-electron chi connectivity index (χ4n) is 2.77. The van der Waals surface area contributed by atoms with Gasteiger partial charge in [0.05, 0.1) is 10.0 Å². The summed E-state index contributed by atoms with van der Waals surface area (Å²) in [4.78, 5) is 28.3. The Morgan fingerprint density at radius 2 is 1.80 bits per heavy atom. The normalized spacial score (nSPS) is 17.6. The van der Waals surface area contributed by atoms with E-state index in [1.165, 1.54) is 4.90 Å². The molecule has 1 aliphatic heterocycles. The van der Waals surface area contributed by atoms with E-state index in [1.54, 1.807) is 42.2 Å². The second-order valence-corrected chi connectivity index (χ2v) is 6.57. The summed E-state index contributed by atoms with van der Waals surface area (Å²) in [5.41, 5.74) is 1.37. The molecule has 3 amide bonds. The molecule has 5 nitrogen and oxygen atoms in total. The lowest BCUT2D eigenvalue weighted by molar-refractivity contribution is -0.123. The van der Waals surface area contributed by atoms with Gasteiger partial charge in [-0.2, -0.15) is 0 Å². The maximum atomic E-state index is 12.7. The average molecular weight is 378 g/mol. The third kappa shape index (κ3) is 3.72. The third-order valence-corrected chi connectivity index (χ3v) is 4.90. The van der Waals surface area contributed by atoms with Crippen LogP contribution in [0.3, 0.4) is 0 Å². The molecule has 0 radical (unpaired) electrons. The molecule has 0 saturated carbocycles. The summed E-state index contributed by atoms with van der Waals surface area (Å²) in [6.07, 6.45) is 0. The highest BCUT2D eigenvalue weighted by atomic mass is 35.5. The minimum Gasteiger partial charge on any atom is -0.311 e. The molecule has 0 bridgehead atoms. The minimum atomic E-state index is -0.577. The summed E-state index contributed by atoms with van der Waals surface area (Å²) in [5, 5.41) is 3.64. The lowest BCUT2D eigenvalue weighted by Crippen LogP contribution is -2.58. The van der Waals surface area contributed by atoms with E-state index in [2.05, 4.69) is 5.32 Å². The molecule has 0 aliphatic carbocycles. The fourth-order valence-corrected chi connectivity index (χ4v) is 3.07. The smallest absolute Gasteiger partial charge is 0.311 e. The van der Waals surface area contributed by atoms with Crippen molar-refractivity contribution in [3.05, 3.63) is 58.6 Å². The average Bonchev–Trinajstić information content (AvgIpc) is 2.60. The monoisotopic (exact) mass is 377 g/mol. The molecular formula is C18H17Cl2N3O2. The zero-order valence-corrected chi connectivity index (χ0v) is 15.1. The third-order valence-electron chi connectivity index (χ3n) is 4.16. The zero-order chi connectivity index (χ0) is 18.0. The second kappa shape index (κ2) is 7.33. The number of hydrogen-bond acceptors (Lipinski definition) is 2. The SMILES string of the molecule is C[C@@H]1C(=O)N(c2ccc(Cl)c(Cl)c2)CCN1C(=O)Nc1ccccc1. The summed E-state index contributed by atoms with van der Waals surface area (Å²) >= 11 is 12.0. The van der Waals surface area contributed by atoms with Crippen LogP contribution in [0.5, 0.6) is 0 Å². The molecular weight excluding hydrogens is 361 g/mol. The number of para-hydroxylation sites is 1. The Morgan fingerprint density at radius 3 is 2.48 bits per heavy atom. The molecule has 0 spiro atoms. The van der Waals surface area contributed by atoms with Gasteiger partial charge >= 0.3 is 6.03 Å². The lowest BCUT2D eigenvalue weighted by atomic mass is 10.1. The maximum absolute atomic E-state index is 12.7. The van der Waals surface area contributed by atoms with Crippen molar-refractivity contribution in [1.82, 2.24) is 4.90 Å². The number of hydrogen-bond donors (Lipinski definition) is 1. The molecule has 1 N–H and O–H groups in total. The van der Waals surface area contributed by atoms with Crippen molar-refractivity contribution in [2.45, 2.75) is 13.0 Å². The van der Waals surface area contributed by atoms with Crippen molar-refractivity contribution >= 4 is 46.5 Å². The first-order valence-electron chi connectivity index (χ1n) is 7.86. The zero-order valence-electron chi connectivity index (χ0n) is 13.6. The Kier molecular flexibility index (Phi) is 5.16. The standard InChI is InChI=1S/C18H17Cl2N3O2/c1-12-17(24)23(14-7-8-15(19)16(20)11-14)10-9-22(12)18(25)21-13-5-3-2-4-6-13/h2-8,11-12H,9-10H2,1H3,(H,21,25)/t12-/m1/s1. The number of anilines is 2. The number of rotatable bonds is 2. The first-order chi connectivity index (χ1) is 12.0. The molecule has 0 aromatic heterocycles. The Bertz CT molecular complexity index is 798. The molecule has 0 unspecified atom stereocenters. The van der Waals surface area contributed by atoms with Crippen LogP contribution in [0.1, 0.15) is 6.92 Å². The molecule has 1 saturated heterocycles. The molecule has 3 rings (SSSR count). The molecule has 25 heavy (non-hydrogen) atoms. The fraction of sp³-hybridized carbons (Fsp3) is 0.222. The van der Waals surface area contributed by atoms with Gasteiger partial charge in [-0.15, -0.1) is 0 Å². The van der Waals surface area contributed by atoms with Crippen LogP contribution >= 0.6 is 23.2 Å². The van der Waals surface area contributed by atoms with Crippen molar-refractivity contribution < 1.29 is 9.59 Å². The van der Waals surface area contributed by atoms with Crippen molar-refractivity contribution in [3.8, 4) is 0 Å². The summed E-state index contributed by atoms with van der Waals surface area (Å²) in [7, 11) is 0. The number of nitrogens with zero attached hydrogens (tertiary/aromatic N) is 2. The van der Waals surface area contributed by atoms with Crippen molar-refractivity contribution in [1.29, 1.82) is 0 Å². The molecule has 7 heteroatoms. The molecule has 1 fully saturated rings. The highest BCUT2D eigenvalue weighted by Gasteiger charge is 2.35. The highest BCUT2D eigenvalue weighted by Crippen LogP contribution is 2.29. The molecule has 1 atom stereocenters. The van der Waals surface area contributed by atoms with Gasteiger partial charge in [0.25, 0.3) is 0 Å². The van der Waals surface area contributed by atoms with Gasteiger partial charge in [-0.3, -0.25) is 4.79 Å². The minimum absolute atomic E-state index is 0.159. The van der Waals surface area contributed by atoms with E-state index in [0.717, 1.165) is 0 Å². The number of piperazine rings is 1. The number of carbonyl (C=O) groups excluding carboxylic acids is 2. The van der Waals surface area contributed by atoms with Gasteiger partial charge in [0.2, 0.25) is 5.91 Å². The summed E-state index contributed by atoms with van der Waals surface area (Å²) in [5.74, 6) is -0.159. The van der Waals surface area contributed by atoms with Crippen LogP contribution in [0.15, 0.2) is 48.5 Å². The predicted octanol–water partition coefficient (Wildman–Crippen LogP) is 4.26. The van der Waals surface area contributed by atoms with E-state index in [-0.39, 0.29) is 11.9 Å². The van der Waals surface area contributed by atoms with Gasteiger partial charge in [0.15, 0.2) is 0 Å². The van der Waals surface area contributed by atoms with Crippen LogP contribution in [0, 0.1) is 0 Å². The highest BCUT2D eigenvalue weighted by molar-refractivity contribution is 6.42. The number of carbonyl (C=O) groups is 2. The first-order valence-corrected chi connectivity index (χ1v) is 8.62. The van der Waals surface area contributed by atoms with Crippen molar-refractivity contribution in [2.24, 2.45) is 0 Å². The van der Waals surface area contributed by atoms with Crippen LogP contribution in [0.2, 0.25) is 10.0 Å². The van der Waals surface area contributed by atoms with Crippen molar-refractivity contribution in [3.63, 3.8) is 0 Å². The van der Waals surface area contributed by atoms with Gasteiger partial charge in [-0.25, -0.2) is 4.79 Å². The molecule has 1 heterocycles. The van der Waals surface area contributed by atoms with E-state index in [9.17, 15) is 9.59 Å². The van der Waals surface area contributed by atoms with E-state index in [4.69, 9.17) is 23.2 Å². The van der Waals surface area contributed by atoms with Crippen LogP contribution in [0.4, 0.5) is 16.2 Å². The van der Waals surface area contributed by atoms with E-state index in [0.29, 0.717) is 34.5 Å². The molecule has 130 valence electrons. The Morgan fingerprint density at radius 1 is 1.08 bits per heavy atom. The van der Waals surface area contributed by atoms with Gasteiger partial charge in [0, 0.05) is 24.5 Å².